The number of aryl methyl sites for hydroxylation is 2. The second kappa shape index (κ2) is 3.93. The molecule has 2 aromatic rings. The molecule has 2 heterocycles. The van der Waals surface area contributed by atoms with Gasteiger partial charge in [0.25, 0.3) is 0 Å². The Bertz CT molecular complexity index is 782. The zero-order valence-corrected chi connectivity index (χ0v) is 12.1. The maximum Gasteiger partial charge on any atom is 0.233 e. The van der Waals surface area contributed by atoms with E-state index in [4.69, 9.17) is 0 Å². The van der Waals surface area contributed by atoms with E-state index < -0.39 is 10.0 Å². The van der Waals surface area contributed by atoms with Crippen LogP contribution in [0.15, 0.2) is 18.2 Å². The predicted molar refractivity (Wildman–Crippen MR) is 77.1 cm³/mol. The van der Waals surface area contributed by atoms with E-state index in [9.17, 15) is 8.42 Å². The third-order valence-corrected chi connectivity index (χ3v) is 4.72. The minimum atomic E-state index is -3.23. The van der Waals surface area contributed by atoms with Crippen LogP contribution in [0.4, 0.5) is 5.82 Å². The summed E-state index contributed by atoms with van der Waals surface area (Å²) in [5.41, 5.74) is 4.21. The summed E-state index contributed by atoms with van der Waals surface area (Å²) < 4.78 is 24.9. The van der Waals surface area contributed by atoms with E-state index in [-0.39, 0.29) is 0 Å². The number of hydrogen-bond donors (Lipinski definition) is 0. The van der Waals surface area contributed by atoms with Crippen molar-refractivity contribution in [2.24, 2.45) is 0 Å². The Morgan fingerprint density at radius 1 is 1.21 bits per heavy atom. The van der Waals surface area contributed by atoms with E-state index in [1.54, 1.807) is 0 Å². The molecule has 4 nitrogen and oxygen atoms in total. The van der Waals surface area contributed by atoms with Gasteiger partial charge in [0.1, 0.15) is 5.82 Å². The summed E-state index contributed by atoms with van der Waals surface area (Å²) in [6.45, 7) is 4.58. The van der Waals surface area contributed by atoms with Crippen molar-refractivity contribution >= 4 is 26.7 Å². The summed E-state index contributed by atoms with van der Waals surface area (Å²) >= 11 is 0. The molecule has 0 saturated carbocycles. The van der Waals surface area contributed by atoms with Gasteiger partial charge >= 0.3 is 0 Å². The standard InChI is InChI=1S/C14H16N2O2S/c1-9-6-10(2)12-8-11-4-5-16(19(3,17)18)14(11)15-13(12)7-9/h6-8H,4-5H2,1-3H3. The van der Waals surface area contributed by atoms with Gasteiger partial charge in [0.05, 0.1) is 11.8 Å². The van der Waals surface area contributed by atoms with Gasteiger partial charge in [-0.2, -0.15) is 0 Å². The molecule has 1 aliphatic rings. The summed E-state index contributed by atoms with van der Waals surface area (Å²) in [6, 6.07) is 6.21. The topological polar surface area (TPSA) is 50.3 Å². The van der Waals surface area contributed by atoms with Crippen molar-refractivity contribution in [3.63, 3.8) is 0 Å². The van der Waals surface area contributed by atoms with Crippen molar-refractivity contribution in [2.45, 2.75) is 20.3 Å². The molecule has 0 fully saturated rings. The maximum atomic E-state index is 11.8. The first-order valence-electron chi connectivity index (χ1n) is 6.25. The Labute approximate surface area is 113 Å². The normalized spacial score (nSPS) is 15.0. The summed E-state index contributed by atoms with van der Waals surface area (Å²) in [4.78, 5) is 4.57. The quantitative estimate of drug-likeness (QED) is 0.802. The van der Waals surface area contributed by atoms with Crippen LogP contribution in [0.3, 0.4) is 0 Å². The molecule has 0 saturated heterocycles. The summed E-state index contributed by atoms with van der Waals surface area (Å²) in [7, 11) is -3.23. The first-order valence-corrected chi connectivity index (χ1v) is 8.10. The van der Waals surface area contributed by atoms with Crippen molar-refractivity contribution in [1.29, 1.82) is 0 Å². The van der Waals surface area contributed by atoms with Crippen molar-refractivity contribution in [3.8, 4) is 0 Å². The highest BCUT2D eigenvalue weighted by Gasteiger charge is 2.28. The number of rotatable bonds is 1. The Morgan fingerprint density at radius 2 is 1.95 bits per heavy atom. The Balaban J connectivity index is 2.29. The molecule has 0 bridgehead atoms. The Morgan fingerprint density at radius 3 is 2.63 bits per heavy atom. The van der Waals surface area contributed by atoms with Crippen molar-refractivity contribution in [2.75, 3.05) is 17.1 Å². The molecule has 19 heavy (non-hydrogen) atoms. The minimum Gasteiger partial charge on any atom is -0.253 e. The van der Waals surface area contributed by atoms with E-state index in [0.717, 1.165) is 28.5 Å². The molecule has 0 spiro atoms. The van der Waals surface area contributed by atoms with Crippen LogP contribution >= 0.6 is 0 Å². The van der Waals surface area contributed by atoms with E-state index >= 15 is 0 Å². The molecule has 1 aliphatic heterocycles. The molecule has 0 N–H and O–H groups in total. The largest absolute Gasteiger partial charge is 0.253 e. The lowest BCUT2D eigenvalue weighted by Crippen LogP contribution is -2.28. The van der Waals surface area contributed by atoms with Crippen LogP contribution in [0.2, 0.25) is 0 Å². The van der Waals surface area contributed by atoms with E-state index in [1.165, 1.54) is 16.1 Å². The monoisotopic (exact) mass is 276 g/mol. The number of fused-ring (bicyclic) bond motifs is 2. The van der Waals surface area contributed by atoms with Crippen LogP contribution < -0.4 is 4.31 Å². The van der Waals surface area contributed by atoms with Gasteiger partial charge in [0.2, 0.25) is 10.0 Å². The second-order valence-corrected chi connectivity index (χ2v) is 7.11. The first kappa shape index (κ1) is 12.4. The van der Waals surface area contributed by atoms with Crippen LogP contribution in [-0.2, 0) is 16.4 Å². The van der Waals surface area contributed by atoms with Gasteiger partial charge in [-0.3, -0.25) is 4.31 Å². The van der Waals surface area contributed by atoms with E-state index in [1.807, 2.05) is 13.0 Å². The Hall–Kier alpha value is -1.62. The lowest BCUT2D eigenvalue weighted by atomic mass is 10.0. The third-order valence-electron chi connectivity index (χ3n) is 3.56. The predicted octanol–water partition coefficient (Wildman–Crippen LogP) is 2.17. The maximum absolute atomic E-state index is 11.8. The zero-order valence-electron chi connectivity index (χ0n) is 11.3. The highest BCUT2D eigenvalue weighted by Crippen LogP contribution is 2.32. The molecular weight excluding hydrogens is 260 g/mol. The van der Waals surface area contributed by atoms with Crippen LogP contribution in [-0.4, -0.2) is 26.2 Å². The zero-order chi connectivity index (χ0) is 13.8. The number of sulfonamides is 1. The molecule has 0 radical (unpaired) electrons. The molecule has 0 amide bonds. The molecule has 0 unspecified atom stereocenters. The fraction of sp³-hybridized carbons (Fsp3) is 0.357. The molecule has 1 aromatic carbocycles. The first-order chi connectivity index (χ1) is 8.86. The fourth-order valence-corrected chi connectivity index (χ4v) is 3.61. The summed E-state index contributed by atoms with van der Waals surface area (Å²) in [5.74, 6) is 0.597. The highest BCUT2D eigenvalue weighted by atomic mass is 32.2. The molecule has 0 aliphatic carbocycles. The molecular formula is C14H16N2O2S. The van der Waals surface area contributed by atoms with Crippen molar-refractivity contribution in [3.05, 3.63) is 34.9 Å². The highest BCUT2D eigenvalue weighted by molar-refractivity contribution is 7.92. The second-order valence-electron chi connectivity index (χ2n) is 5.20. The lowest BCUT2D eigenvalue weighted by molar-refractivity contribution is 0.598. The summed E-state index contributed by atoms with van der Waals surface area (Å²) in [6.07, 6.45) is 1.97. The van der Waals surface area contributed by atoms with Gasteiger partial charge in [-0.1, -0.05) is 6.07 Å². The molecule has 1 aromatic heterocycles. The van der Waals surface area contributed by atoms with E-state index in [0.29, 0.717) is 12.4 Å². The van der Waals surface area contributed by atoms with Crippen molar-refractivity contribution in [1.82, 2.24) is 4.98 Å². The third kappa shape index (κ3) is 1.98. The van der Waals surface area contributed by atoms with Gasteiger partial charge in [-0.15, -0.1) is 0 Å². The van der Waals surface area contributed by atoms with Crippen molar-refractivity contribution < 1.29 is 8.42 Å². The van der Waals surface area contributed by atoms with Gasteiger partial charge in [-0.05, 0) is 49.1 Å². The Kier molecular flexibility index (Phi) is 2.57. The number of benzene rings is 1. The van der Waals surface area contributed by atoms with Crippen LogP contribution in [0.5, 0.6) is 0 Å². The number of nitrogens with zero attached hydrogens (tertiary/aromatic N) is 2. The SMILES string of the molecule is Cc1cc(C)c2cc3c(nc2c1)N(S(C)(=O)=O)CC3. The number of pyridine rings is 1. The van der Waals surface area contributed by atoms with Gasteiger partial charge in [0.15, 0.2) is 0 Å². The van der Waals surface area contributed by atoms with Gasteiger partial charge < -0.3 is 0 Å². The number of aromatic nitrogens is 1. The van der Waals surface area contributed by atoms with Crippen LogP contribution in [0.25, 0.3) is 10.9 Å². The molecule has 5 heteroatoms. The van der Waals surface area contributed by atoms with Crippen LogP contribution in [0.1, 0.15) is 16.7 Å². The average Bonchev–Trinajstić information content (AvgIpc) is 2.68. The molecule has 0 atom stereocenters. The number of hydrogen-bond acceptors (Lipinski definition) is 3. The van der Waals surface area contributed by atoms with Gasteiger partial charge in [0, 0.05) is 11.9 Å². The molecule has 3 rings (SSSR count). The average molecular weight is 276 g/mol. The summed E-state index contributed by atoms with van der Waals surface area (Å²) in [5, 5.41) is 1.11. The van der Waals surface area contributed by atoms with E-state index in [2.05, 4.69) is 24.0 Å². The van der Waals surface area contributed by atoms with Gasteiger partial charge in [-0.25, -0.2) is 13.4 Å². The minimum absolute atomic E-state index is 0.496. The smallest absolute Gasteiger partial charge is 0.233 e. The molecule has 100 valence electrons. The number of anilines is 1. The van der Waals surface area contributed by atoms with Crippen LogP contribution in [0, 0.1) is 13.8 Å². The fourth-order valence-electron chi connectivity index (χ4n) is 2.71. The lowest BCUT2D eigenvalue weighted by Gasteiger charge is -2.16.